The summed E-state index contributed by atoms with van der Waals surface area (Å²) >= 11 is 5.99. The van der Waals surface area contributed by atoms with Crippen molar-refractivity contribution >= 4 is 22.4 Å². The van der Waals surface area contributed by atoms with Crippen molar-refractivity contribution in [3.05, 3.63) is 69.6 Å². The highest BCUT2D eigenvalue weighted by atomic mass is 35.5. The number of hydrogen-bond acceptors (Lipinski definition) is 2. The fourth-order valence-corrected chi connectivity index (χ4v) is 2.65. The van der Waals surface area contributed by atoms with E-state index in [1.165, 1.54) is 0 Å². The van der Waals surface area contributed by atoms with Crippen LogP contribution in [0.4, 0.5) is 0 Å². The second-order valence-electron chi connectivity index (χ2n) is 4.86. The molecule has 0 saturated carbocycles. The third kappa shape index (κ3) is 2.41. The number of rotatable bonds is 2. The number of pyridine rings is 1. The molecule has 21 heavy (non-hydrogen) atoms. The molecule has 1 aromatic heterocycles. The summed E-state index contributed by atoms with van der Waals surface area (Å²) in [7, 11) is 1.62. The van der Waals surface area contributed by atoms with Crippen molar-refractivity contribution in [2.75, 3.05) is 7.11 Å². The summed E-state index contributed by atoms with van der Waals surface area (Å²) in [4.78, 5) is 12.7. The van der Waals surface area contributed by atoms with Crippen molar-refractivity contribution in [1.82, 2.24) is 4.57 Å². The molecular weight excluding hydrogens is 286 g/mol. The van der Waals surface area contributed by atoms with Crippen molar-refractivity contribution < 1.29 is 4.74 Å². The first-order valence-corrected chi connectivity index (χ1v) is 6.94. The number of aryl methyl sites for hydroxylation is 1. The monoisotopic (exact) mass is 299 g/mol. The van der Waals surface area contributed by atoms with E-state index in [4.69, 9.17) is 16.3 Å². The maximum Gasteiger partial charge on any atom is 0.263 e. The van der Waals surface area contributed by atoms with E-state index in [-0.39, 0.29) is 5.56 Å². The standard InChI is InChI=1S/C17H14ClNO2/c1-11-9-12-10-13(18)3-8-16(12)17(20)19(11)14-4-6-15(21-2)7-5-14/h3-10H,1-2H3. The molecule has 0 aliphatic carbocycles. The Morgan fingerprint density at radius 2 is 1.76 bits per heavy atom. The van der Waals surface area contributed by atoms with Crippen molar-refractivity contribution in [3.8, 4) is 11.4 Å². The molecule has 0 N–H and O–H groups in total. The average Bonchev–Trinajstić information content (AvgIpc) is 2.47. The Balaban J connectivity index is 2.26. The molecule has 0 bridgehead atoms. The fourth-order valence-electron chi connectivity index (χ4n) is 2.47. The molecule has 0 aliphatic heterocycles. The van der Waals surface area contributed by atoms with E-state index in [0.717, 1.165) is 22.5 Å². The summed E-state index contributed by atoms with van der Waals surface area (Å²) in [6.45, 7) is 1.91. The number of methoxy groups -OCH3 is 1. The predicted molar refractivity (Wildman–Crippen MR) is 85.8 cm³/mol. The normalized spacial score (nSPS) is 10.8. The van der Waals surface area contributed by atoms with Gasteiger partial charge in [-0.15, -0.1) is 0 Å². The summed E-state index contributed by atoms with van der Waals surface area (Å²) in [5, 5.41) is 2.14. The molecule has 3 aromatic rings. The zero-order valence-electron chi connectivity index (χ0n) is 11.8. The summed E-state index contributed by atoms with van der Waals surface area (Å²) in [5.41, 5.74) is 1.63. The van der Waals surface area contributed by atoms with Crippen LogP contribution in [-0.4, -0.2) is 11.7 Å². The summed E-state index contributed by atoms with van der Waals surface area (Å²) < 4.78 is 6.84. The van der Waals surface area contributed by atoms with E-state index >= 15 is 0 Å². The highest BCUT2D eigenvalue weighted by molar-refractivity contribution is 6.31. The van der Waals surface area contributed by atoms with Crippen molar-refractivity contribution in [3.63, 3.8) is 0 Å². The molecule has 4 heteroatoms. The molecule has 1 heterocycles. The van der Waals surface area contributed by atoms with Gasteiger partial charge >= 0.3 is 0 Å². The van der Waals surface area contributed by atoms with Crippen LogP contribution in [-0.2, 0) is 0 Å². The van der Waals surface area contributed by atoms with Crippen molar-refractivity contribution in [2.24, 2.45) is 0 Å². The SMILES string of the molecule is COc1ccc(-n2c(C)cc3cc(Cl)ccc3c2=O)cc1. The maximum absolute atomic E-state index is 12.7. The number of ether oxygens (including phenoxy) is 1. The van der Waals surface area contributed by atoms with Gasteiger partial charge in [0.05, 0.1) is 7.11 Å². The van der Waals surface area contributed by atoms with Gasteiger partial charge in [-0.05, 0) is 60.8 Å². The Kier molecular flexibility index (Phi) is 3.43. The minimum atomic E-state index is -0.0492. The van der Waals surface area contributed by atoms with Gasteiger partial charge in [0.15, 0.2) is 0 Å². The van der Waals surface area contributed by atoms with E-state index in [9.17, 15) is 4.79 Å². The van der Waals surface area contributed by atoms with Gasteiger partial charge < -0.3 is 4.74 Å². The first-order chi connectivity index (χ1) is 10.1. The van der Waals surface area contributed by atoms with Crippen LogP contribution >= 0.6 is 11.6 Å². The molecule has 0 fully saturated rings. The van der Waals surface area contributed by atoms with Crippen LogP contribution in [0.5, 0.6) is 5.75 Å². The zero-order chi connectivity index (χ0) is 15.0. The number of aromatic nitrogens is 1. The van der Waals surface area contributed by atoms with Crippen molar-refractivity contribution in [2.45, 2.75) is 6.92 Å². The van der Waals surface area contributed by atoms with Crippen LogP contribution in [0.2, 0.25) is 5.02 Å². The third-order valence-electron chi connectivity index (χ3n) is 3.49. The van der Waals surface area contributed by atoms with Crippen LogP contribution in [0.25, 0.3) is 16.5 Å². The zero-order valence-corrected chi connectivity index (χ0v) is 12.5. The highest BCUT2D eigenvalue weighted by Crippen LogP contribution is 2.20. The van der Waals surface area contributed by atoms with E-state index in [1.54, 1.807) is 23.8 Å². The number of halogens is 1. The molecule has 0 aliphatic rings. The number of hydrogen-bond donors (Lipinski definition) is 0. The van der Waals surface area contributed by atoms with Crippen molar-refractivity contribution in [1.29, 1.82) is 0 Å². The molecule has 106 valence electrons. The molecule has 0 saturated heterocycles. The number of nitrogens with zero attached hydrogens (tertiary/aromatic N) is 1. The minimum absolute atomic E-state index is 0.0492. The van der Waals surface area contributed by atoms with Gasteiger partial charge in [-0.25, -0.2) is 0 Å². The summed E-state index contributed by atoms with van der Waals surface area (Å²) in [6, 6.07) is 14.7. The van der Waals surface area contributed by atoms with Crippen LogP contribution in [0.15, 0.2) is 53.3 Å². The molecule has 3 nitrogen and oxygen atoms in total. The smallest absolute Gasteiger partial charge is 0.263 e. The van der Waals surface area contributed by atoms with E-state index in [0.29, 0.717) is 10.4 Å². The molecule has 0 atom stereocenters. The van der Waals surface area contributed by atoms with E-state index < -0.39 is 0 Å². The highest BCUT2D eigenvalue weighted by Gasteiger charge is 2.09. The molecule has 0 unspecified atom stereocenters. The molecule has 0 spiro atoms. The van der Waals surface area contributed by atoms with Gasteiger partial charge in [0.25, 0.3) is 5.56 Å². The van der Waals surface area contributed by atoms with Crippen LogP contribution in [0.1, 0.15) is 5.69 Å². The van der Waals surface area contributed by atoms with Crippen LogP contribution in [0, 0.1) is 6.92 Å². The van der Waals surface area contributed by atoms with Crippen LogP contribution in [0.3, 0.4) is 0 Å². The van der Waals surface area contributed by atoms with E-state index in [1.807, 2.05) is 43.3 Å². The number of benzene rings is 2. The lowest BCUT2D eigenvalue weighted by Gasteiger charge is -2.12. The number of fused-ring (bicyclic) bond motifs is 1. The summed E-state index contributed by atoms with van der Waals surface area (Å²) in [5.74, 6) is 0.761. The Hall–Kier alpha value is -2.26. The quantitative estimate of drug-likeness (QED) is 0.717. The van der Waals surface area contributed by atoms with Gasteiger partial charge in [-0.2, -0.15) is 0 Å². The van der Waals surface area contributed by atoms with Gasteiger partial charge in [0.2, 0.25) is 0 Å². The summed E-state index contributed by atoms with van der Waals surface area (Å²) in [6.07, 6.45) is 0. The molecule has 2 aromatic carbocycles. The average molecular weight is 300 g/mol. The van der Waals surface area contributed by atoms with Gasteiger partial charge in [0.1, 0.15) is 5.75 Å². The Labute approximate surface area is 127 Å². The second-order valence-corrected chi connectivity index (χ2v) is 5.29. The third-order valence-corrected chi connectivity index (χ3v) is 3.73. The maximum atomic E-state index is 12.7. The topological polar surface area (TPSA) is 31.2 Å². The lowest BCUT2D eigenvalue weighted by Crippen LogP contribution is -2.20. The molecular formula is C17H14ClNO2. The lowest BCUT2D eigenvalue weighted by atomic mass is 10.1. The first kappa shape index (κ1) is 13.7. The van der Waals surface area contributed by atoms with Gasteiger partial charge in [0, 0.05) is 21.8 Å². The van der Waals surface area contributed by atoms with E-state index in [2.05, 4.69) is 0 Å². The molecule has 0 amide bonds. The lowest BCUT2D eigenvalue weighted by molar-refractivity contribution is 0.414. The Bertz CT molecular complexity index is 866. The second kappa shape index (κ2) is 5.26. The van der Waals surface area contributed by atoms with Crippen LogP contribution < -0.4 is 10.3 Å². The molecule has 3 rings (SSSR count). The van der Waals surface area contributed by atoms with Gasteiger partial charge in [-0.1, -0.05) is 11.6 Å². The largest absolute Gasteiger partial charge is 0.497 e. The first-order valence-electron chi connectivity index (χ1n) is 6.56. The molecule has 0 radical (unpaired) electrons. The Morgan fingerprint density at radius 3 is 2.43 bits per heavy atom. The predicted octanol–water partition coefficient (Wildman–Crippen LogP) is 3.96. The Morgan fingerprint density at radius 1 is 1.05 bits per heavy atom. The minimum Gasteiger partial charge on any atom is -0.497 e. The fraction of sp³-hybridized carbons (Fsp3) is 0.118. The van der Waals surface area contributed by atoms with Gasteiger partial charge in [-0.3, -0.25) is 9.36 Å².